The van der Waals surface area contributed by atoms with E-state index >= 15 is 0 Å². The molecule has 1 fully saturated rings. The molecule has 0 unspecified atom stereocenters. The number of nitrogen functional groups attached to an aromatic ring is 1. The zero-order valence-electron chi connectivity index (χ0n) is 11.2. The molecular formula is C14H22N2OS. The van der Waals surface area contributed by atoms with Crippen molar-refractivity contribution >= 4 is 17.4 Å². The first-order valence-electron chi connectivity index (χ1n) is 6.40. The first kappa shape index (κ1) is 13.6. The minimum absolute atomic E-state index is 0.761. The van der Waals surface area contributed by atoms with Crippen LogP contribution >= 0.6 is 11.8 Å². The Morgan fingerprint density at radius 2 is 2.11 bits per heavy atom. The first-order valence-corrected chi connectivity index (χ1v) is 7.69. The van der Waals surface area contributed by atoms with Gasteiger partial charge in [-0.25, -0.2) is 0 Å². The Kier molecular flexibility index (Phi) is 4.78. The molecule has 0 radical (unpaired) electrons. The third-order valence-electron chi connectivity index (χ3n) is 3.57. The van der Waals surface area contributed by atoms with Gasteiger partial charge in [0.05, 0.1) is 7.11 Å². The van der Waals surface area contributed by atoms with E-state index in [-0.39, 0.29) is 0 Å². The fraction of sp³-hybridized carbons (Fsp3) is 0.571. The van der Waals surface area contributed by atoms with Gasteiger partial charge < -0.3 is 10.5 Å². The molecule has 1 aliphatic rings. The molecule has 0 aliphatic carbocycles. The maximum absolute atomic E-state index is 5.78. The molecule has 2 rings (SSSR count). The smallest absolute Gasteiger partial charge is 0.125 e. The number of ether oxygens (including phenoxy) is 1. The van der Waals surface area contributed by atoms with Gasteiger partial charge in [0, 0.05) is 29.1 Å². The zero-order chi connectivity index (χ0) is 13.0. The number of methoxy groups -OCH3 is 1. The second-order valence-electron chi connectivity index (χ2n) is 4.78. The van der Waals surface area contributed by atoms with Crippen LogP contribution in [0, 0.1) is 0 Å². The Morgan fingerprint density at radius 1 is 1.39 bits per heavy atom. The topological polar surface area (TPSA) is 38.5 Å². The third-order valence-corrected chi connectivity index (χ3v) is 4.71. The summed E-state index contributed by atoms with van der Waals surface area (Å²) in [5, 5.41) is 0.842. The molecule has 100 valence electrons. The van der Waals surface area contributed by atoms with Crippen molar-refractivity contribution < 1.29 is 4.74 Å². The number of hydrogen-bond donors (Lipinski definition) is 1. The highest BCUT2D eigenvalue weighted by atomic mass is 32.2. The van der Waals surface area contributed by atoms with E-state index in [9.17, 15) is 0 Å². The Balaban J connectivity index is 1.97. The van der Waals surface area contributed by atoms with Gasteiger partial charge in [0.15, 0.2) is 0 Å². The summed E-state index contributed by atoms with van der Waals surface area (Å²) in [4.78, 5) is 2.50. The summed E-state index contributed by atoms with van der Waals surface area (Å²) in [6, 6.07) is 5.94. The van der Waals surface area contributed by atoms with Crippen molar-refractivity contribution in [3.8, 4) is 5.75 Å². The summed E-state index contributed by atoms with van der Waals surface area (Å²) in [5.41, 5.74) is 7.77. The third kappa shape index (κ3) is 3.33. The Labute approximate surface area is 114 Å². The molecule has 4 heteroatoms. The first-order chi connectivity index (χ1) is 8.72. The number of piperidine rings is 1. The van der Waals surface area contributed by atoms with E-state index in [0.29, 0.717) is 0 Å². The van der Waals surface area contributed by atoms with Crippen LogP contribution in [0.4, 0.5) is 5.69 Å². The summed E-state index contributed by atoms with van der Waals surface area (Å²) in [5.74, 6) is 0.905. The maximum atomic E-state index is 5.78. The van der Waals surface area contributed by atoms with Crippen molar-refractivity contribution in [2.45, 2.75) is 24.6 Å². The lowest BCUT2D eigenvalue weighted by molar-refractivity contribution is 0.222. The summed E-state index contributed by atoms with van der Waals surface area (Å²) in [7, 11) is 1.71. The fourth-order valence-corrected chi connectivity index (χ4v) is 3.12. The quantitative estimate of drug-likeness (QED) is 0.850. The van der Waals surface area contributed by atoms with Gasteiger partial charge in [-0.3, -0.25) is 4.90 Å². The number of thioether (sulfide) groups is 1. The van der Waals surface area contributed by atoms with E-state index in [0.717, 1.165) is 23.2 Å². The normalized spacial score (nSPS) is 17.9. The van der Waals surface area contributed by atoms with Gasteiger partial charge in [-0.15, -0.1) is 0 Å². The molecular weight excluding hydrogens is 244 g/mol. The van der Waals surface area contributed by atoms with Crippen LogP contribution in [0.15, 0.2) is 18.2 Å². The lowest BCUT2D eigenvalue weighted by Crippen LogP contribution is -2.34. The van der Waals surface area contributed by atoms with Crippen LogP contribution in [-0.4, -0.2) is 36.6 Å². The van der Waals surface area contributed by atoms with Crippen LogP contribution in [0.1, 0.15) is 18.4 Å². The second kappa shape index (κ2) is 6.34. The van der Waals surface area contributed by atoms with Gasteiger partial charge in [0.1, 0.15) is 5.75 Å². The molecule has 0 amide bonds. The number of nitrogens with zero attached hydrogens (tertiary/aromatic N) is 1. The van der Waals surface area contributed by atoms with Gasteiger partial charge in [0.25, 0.3) is 0 Å². The SMILES string of the molecule is COc1cc(N)ccc1CN1CCC(SC)CC1. The van der Waals surface area contributed by atoms with Crippen LogP contribution in [0.25, 0.3) is 0 Å². The van der Waals surface area contributed by atoms with E-state index in [2.05, 4.69) is 17.2 Å². The minimum Gasteiger partial charge on any atom is -0.496 e. The Hall–Kier alpha value is -0.870. The van der Waals surface area contributed by atoms with Crippen molar-refractivity contribution in [1.82, 2.24) is 4.90 Å². The molecule has 1 aromatic carbocycles. The number of hydrogen-bond acceptors (Lipinski definition) is 4. The van der Waals surface area contributed by atoms with E-state index < -0.39 is 0 Å². The molecule has 2 N–H and O–H groups in total. The summed E-state index contributed by atoms with van der Waals surface area (Å²) < 4.78 is 5.40. The highest BCUT2D eigenvalue weighted by molar-refractivity contribution is 7.99. The van der Waals surface area contributed by atoms with Crippen LogP contribution in [-0.2, 0) is 6.54 Å². The summed E-state index contributed by atoms with van der Waals surface area (Å²) in [6.45, 7) is 3.32. The van der Waals surface area contributed by atoms with E-state index in [4.69, 9.17) is 10.5 Å². The molecule has 0 spiro atoms. The minimum atomic E-state index is 0.761. The van der Waals surface area contributed by atoms with Crippen LogP contribution in [0.2, 0.25) is 0 Å². The number of rotatable bonds is 4. The average Bonchev–Trinajstić information content (AvgIpc) is 2.41. The van der Waals surface area contributed by atoms with Crippen LogP contribution in [0.3, 0.4) is 0 Å². The largest absolute Gasteiger partial charge is 0.496 e. The van der Waals surface area contributed by atoms with Gasteiger partial charge >= 0.3 is 0 Å². The molecule has 1 saturated heterocycles. The molecule has 0 bridgehead atoms. The van der Waals surface area contributed by atoms with Crippen LogP contribution in [0.5, 0.6) is 5.75 Å². The van der Waals surface area contributed by atoms with Crippen molar-refractivity contribution in [2.24, 2.45) is 0 Å². The molecule has 0 saturated carbocycles. The molecule has 1 aromatic rings. The summed E-state index contributed by atoms with van der Waals surface area (Å²) >= 11 is 2.00. The summed E-state index contributed by atoms with van der Waals surface area (Å²) in [6.07, 6.45) is 4.79. The highest BCUT2D eigenvalue weighted by Gasteiger charge is 2.19. The second-order valence-corrected chi connectivity index (χ2v) is 5.92. The van der Waals surface area contributed by atoms with Crippen molar-refractivity contribution in [3.05, 3.63) is 23.8 Å². The predicted octanol–water partition coefficient (Wildman–Crippen LogP) is 2.60. The molecule has 0 atom stereocenters. The standard InChI is InChI=1S/C14H22N2OS/c1-17-14-9-12(15)4-3-11(14)10-16-7-5-13(18-2)6-8-16/h3-4,9,13H,5-8,10,15H2,1-2H3. The molecule has 0 aromatic heterocycles. The maximum Gasteiger partial charge on any atom is 0.125 e. The van der Waals surface area contributed by atoms with E-state index in [1.165, 1.54) is 31.5 Å². The number of benzene rings is 1. The molecule has 1 aliphatic heterocycles. The average molecular weight is 266 g/mol. The van der Waals surface area contributed by atoms with Crippen molar-refractivity contribution in [2.75, 3.05) is 32.2 Å². The Morgan fingerprint density at radius 3 is 2.72 bits per heavy atom. The lowest BCUT2D eigenvalue weighted by atomic mass is 10.1. The number of nitrogens with two attached hydrogens (primary N) is 1. The van der Waals surface area contributed by atoms with Crippen molar-refractivity contribution in [3.63, 3.8) is 0 Å². The lowest BCUT2D eigenvalue weighted by Gasteiger charge is -2.31. The van der Waals surface area contributed by atoms with Crippen molar-refractivity contribution in [1.29, 1.82) is 0 Å². The molecule has 18 heavy (non-hydrogen) atoms. The molecule has 1 heterocycles. The molecule has 3 nitrogen and oxygen atoms in total. The Bertz CT molecular complexity index is 389. The van der Waals surface area contributed by atoms with Crippen LogP contribution < -0.4 is 10.5 Å². The monoisotopic (exact) mass is 266 g/mol. The number of likely N-dealkylation sites (tertiary alicyclic amines) is 1. The highest BCUT2D eigenvalue weighted by Crippen LogP contribution is 2.26. The van der Waals surface area contributed by atoms with E-state index in [1.807, 2.05) is 23.9 Å². The number of anilines is 1. The van der Waals surface area contributed by atoms with Gasteiger partial charge in [-0.05, 0) is 38.3 Å². The van der Waals surface area contributed by atoms with Gasteiger partial charge in [-0.1, -0.05) is 6.07 Å². The van der Waals surface area contributed by atoms with E-state index in [1.54, 1.807) is 7.11 Å². The van der Waals surface area contributed by atoms with Gasteiger partial charge in [0.2, 0.25) is 0 Å². The van der Waals surface area contributed by atoms with Gasteiger partial charge in [-0.2, -0.15) is 11.8 Å². The zero-order valence-corrected chi connectivity index (χ0v) is 12.0. The fourth-order valence-electron chi connectivity index (χ4n) is 2.44. The predicted molar refractivity (Wildman–Crippen MR) is 79.2 cm³/mol.